The van der Waals surface area contributed by atoms with Gasteiger partial charge in [0, 0.05) is 11.8 Å². The minimum absolute atomic E-state index is 0.00597. The normalized spacial score (nSPS) is 13.6. The highest BCUT2D eigenvalue weighted by Crippen LogP contribution is 2.13. The monoisotopic (exact) mass is 299 g/mol. The van der Waals surface area contributed by atoms with Crippen LogP contribution in [-0.2, 0) is 16.0 Å². The van der Waals surface area contributed by atoms with Crippen molar-refractivity contribution in [1.29, 1.82) is 0 Å². The quantitative estimate of drug-likeness (QED) is 0.731. The number of hydrogen-bond donors (Lipinski definition) is 2. The zero-order valence-corrected chi connectivity index (χ0v) is 12.8. The lowest BCUT2D eigenvalue weighted by Crippen LogP contribution is -2.45. The van der Waals surface area contributed by atoms with Crippen molar-refractivity contribution in [2.45, 2.75) is 32.7 Å². The van der Waals surface area contributed by atoms with Crippen LogP contribution in [0.25, 0.3) is 0 Å². The Hall–Kier alpha value is -1.47. The molecule has 0 aliphatic rings. The fourth-order valence-corrected chi connectivity index (χ4v) is 2.46. The van der Waals surface area contributed by atoms with E-state index in [0.717, 1.165) is 11.4 Å². The standard InChI is InChI=1S/C13H21N3O3S/c1-4-8(2)11(13(18)19-3)16-12(17)9-7-20-10(15-9)5-6-14/h7-8,11H,4-6,14H2,1-3H3,(H,16,17). The van der Waals surface area contributed by atoms with Gasteiger partial charge in [0.25, 0.3) is 5.91 Å². The zero-order chi connectivity index (χ0) is 15.1. The summed E-state index contributed by atoms with van der Waals surface area (Å²) in [5, 5.41) is 5.18. The van der Waals surface area contributed by atoms with Crippen LogP contribution in [0.1, 0.15) is 35.8 Å². The summed E-state index contributed by atoms with van der Waals surface area (Å²) in [6.07, 6.45) is 1.40. The molecule has 0 spiro atoms. The Morgan fingerprint density at radius 2 is 2.25 bits per heavy atom. The van der Waals surface area contributed by atoms with Gasteiger partial charge in [0.05, 0.1) is 12.1 Å². The van der Waals surface area contributed by atoms with Gasteiger partial charge in [0.15, 0.2) is 0 Å². The van der Waals surface area contributed by atoms with Gasteiger partial charge in [-0.3, -0.25) is 4.79 Å². The summed E-state index contributed by atoms with van der Waals surface area (Å²) in [7, 11) is 1.31. The van der Waals surface area contributed by atoms with Crippen LogP contribution < -0.4 is 11.1 Å². The molecule has 1 aromatic rings. The molecule has 112 valence electrons. The summed E-state index contributed by atoms with van der Waals surface area (Å²) in [4.78, 5) is 28.0. The van der Waals surface area contributed by atoms with E-state index in [1.807, 2.05) is 13.8 Å². The third-order valence-corrected chi connectivity index (χ3v) is 4.01. The molecule has 0 saturated carbocycles. The maximum absolute atomic E-state index is 12.1. The number of thiazole rings is 1. The van der Waals surface area contributed by atoms with Crippen LogP contribution in [0.4, 0.5) is 0 Å². The summed E-state index contributed by atoms with van der Waals surface area (Å²) in [6.45, 7) is 4.34. The van der Waals surface area contributed by atoms with Gasteiger partial charge in [0.2, 0.25) is 0 Å². The third-order valence-electron chi connectivity index (χ3n) is 3.10. The molecule has 1 heterocycles. The van der Waals surface area contributed by atoms with E-state index in [1.165, 1.54) is 18.4 Å². The van der Waals surface area contributed by atoms with Gasteiger partial charge in [0.1, 0.15) is 11.7 Å². The van der Waals surface area contributed by atoms with Crippen LogP contribution in [0.3, 0.4) is 0 Å². The topological polar surface area (TPSA) is 94.3 Å². The summed E-state index contributed by atoms with van der Waals surface area (Å²) >= 11 is 1.39. The molecule has 0 bridgehead atoms. The van der Waals surface area contributed by atoms with Crippen molar-refractivity contribution in [3.8, 4) is 0 Å². The van der Waals surface area contributed by atoms with E-state index >= 15 is 0 Å². The Kier molecular flexibility index (Phi) is 6.60. The Labute approximate surface area is 122 Å². The largest absolute Gasteiger partial charge is 0.467 e. The summed E-state index contributed by atoms with van der Waals surface area (Å²) in [5.74, 6) is -0.807. The highest BCUT2D eigenvalue weighted by molar-refractivity contribution is 7.09. The molecule has 0 saturated heterocycles. The predicted molar refractivity (Wildman–Crippen MR) is 77.6 cm³/mol. The number of aromatic nitrogens is 1. The number of methoxy groups -OCH3 is 1. The number of nitrogens with one attached hydrogen (secondary N) is 1. The van der Waals surface area contributed by atoms with Crippen LogP contribution in [-0.4, -0.2) is 36.6 Å². The molecule has 7 heteroatoms. The zero-order valence-electron chi connectivity index (χ0n) is 12.0. The van der Waals surface area contributed by atoms with Crippen molar-refractivity contribution in [2.24, 2.45) is 11.7 Å². The molecule has 0 fully saturated rings. The second kappa shape index (κ2) is 7.96. The number of nitrogens with zero attached hydrogens (tertiary/aromatic N) is 1. The van der Waals surface area contributed by atoms with E-state index in [2.05, 4.69) is 10.3 Å². The average Bonchev–Trinajstić information content (AvgIpc) is 2.92. The van der Waals surface area contributed by atoms with Gasteiger partial charge in [-0.05, 0) is 12.5 Å². The first-order valence-electron chi connectivity index (χ1n) is 6.56. The van der Waals surface area contributed by atoms with Gasteiger partial charge in [-0.25, -0.2) is 9.78 Å². The van der Waals surface area contributed by atoms with Gasteiger partial charge in [-0.2, -0.15) is 0 Å². The number of esters is 1. The number of ether oxygens (including phenoxy) is 1. The first-order chi connectivity index (χ1) is 9.53. The molecule has 0 aromatic carbocycles. The number of hydrogen-bond acceptors (Lipinski definition) is 6. The van der Waals surface area contributed by atoms with E-state index in [9.17, 15) is 9.59 Å². The Balaban J connectivity index is 2.76. The van der Waals surface area contributed by atoms with E-state index < -0.39 is 12.0 Å². The van der Waals surface area contributed by atoms with E-state index in [1.54, 1.807) is 5.38 Å². The molecule has 3 N–H and O–H groups in total. The van der Waals surface area contributed by atoms with Gasteiger partial charge in [-0.1, -0.05) is 20.3 Å². The van der Waals surface area contributed by atoms with Crippen molar-refractivity contribution >= 4 is 23.2 Å². The highest BCUT2D eigenvalue weighted by Gasteiger charge is 2.27. The number of carbonyl (C=O) groups is 2. The molecule has 0 aliphatic carbocycles. The lowest BCUT2D eigenvalue weighted by atomic mass is 9.99. The van der Waals surface area contributed by atoms with E-state index in [4.69, 9.17) is 10.5 Å². The molecule has 1 rings (SSSR count). The van der Waals surface area contributed by atoms with Crippen molar-refractivity contribution in [3.63, 3.8) is 0 Å². The van der Waals surface area contributed by atoms with Gasteiger partial charge in [-0.15, -0.1) is 11.3 Å². The Morgan fingerprint density at radius 1 is 1.55 bits per heavy atom. The van der Waals surface area contributed by atoms with Crippen LogP contribution >= 0.6 is 11.3 Å². The van der Waals surface area contributed by atoms with E-state index in [-0.39, 0.29) is 11.8 Å². The number of rotatable bonds is 7. The maximum Gasteiger partial charge on any atom is 0.328 e. The SMILES string of the molecule is CCC(C)C(NC(=O)c1csc(CCN)n1)C(=O)OC. The lowest BCUT2D eigenvalue weighted by Gasteiger charge is -2.21. The number of carbonyl (C=O) groups excluding carboxylic acids is 2. The van der Waals surface area contributed by atoms with Crippen LogP contribution in [0.5, 0.6) is 0 Å². The average molecular weight is 299 g/mol. The van der Waals surface area contributed by atoms with Crippen molar-refractivity contribution in [2.75, 3.05) is 13.7 Å². The molecule has 0 radical (unpaired) electrons. The third kappa shape index (κ3) is 4.28. The van der Waals surface area contributed by atoms with Gasteiger partial charge < -0.3 is 15.8 Å². The molecule has 2 unspecified atom stereocenters. The second-order valence-electron chi connectivity index (χ2n) is 4.52. The van der Waals surface area contributed by atoms with Crippen LogP contribution in [0.15, 0.2) is 5.38 Å². The maximum atomic E-state index is 12.1. The molecule has 1 aromatic heterocycles. The fourth-order valence-electron chi connectivity index (χ4n) is 1.66. The van der Waals surface area contributed by atoms with Crippen molar-refractivity contribution in [3.05, 3.63) is 16.1 Å². The number of amides is 1. The fraction of sp³-hybridized carbons (Fsp3) is 0.615. The molecular formula is C13H21N3O3S. The minimum atomic E-state index is -0.655. The molecule has 2 atom stereocenters. The van der Waals surface area contributed by atoms with Crippen LogP contribution in [0.2, 0.25) is 0 Å². The molecular weight excluding hydrogens is 278 g/mol. The highest BCUT2D eigenvalue weighted by atomic mass is 32.1. The number of nitrogens with two attached hydrogens (primary N) is 1. The van der Waals surface area contributed by atoms with Gasteiger partial charge >= 0.3 is 5.97 Å². The molecule has 1 amide bonds. The first-order valence-corrected chi connectivity index (χ1v) is 7.44. The Morgan fingerprint density at radius 3 is 2.80 bits per heavy atom. The molecule has 20 heavy (non-hydrogen) atoms. The first kappa shape index (κ1) is 16.6. The lowest BCUT2D eigenvalue weighted by molar-refractivity contribution is -0.144. The Bertz CT molecular complexity index is 461. The molecule has 0 aliphatic heterocycles. The summed E-state index contributed by atoms with van der Waals surface area (Å²) < 4.78 is 4.73. The van der Waals surface area contributed by atoms with Crippen molar-refractivity contribution in [1.82, 2.24) is 10.3 Å². The molecule has 6 nitrogen and oxygen atoms in total. The van der Waals surface area contributed by atoms with E-state index in [0.29, 0.717) is 18.7 Å². The van der Waals surface area contributed by atoms with Crippen LogP contribution in [0, 0.1) is 5.92 Å². The minimum Gasteiger partial charge on any atom is -0.467 e. The summed E-state index contributed by atoms with van der Waals surface area (Å²) in [6, 6.07) is -0.655. The van der Waals surface area contributed by atoms with Crippen molar-refractivity contribution < 1.29 is 14.3 Å². The predicted octanol–water partition coefficient (Wildman–Crippen LogP) is 0.962. The smallest absolute Gasteiger partial charge is 0.328 e. The second-order valence-corrected chi connectivity index (χ2v) is 5.47. The summed E-state index contributed by atoms with van der Waals surface area (Å²) in [5.41, 5.74) is 5.76.